The Morgan fingerprint density at radius 2 is 1.93 bits per heavy atom. The highest BCUT2D eigenvalue weighted by molar-refractivity contribution is 5.78. The lowest BCUT2D eigenvalue weighted by Gasteiger charge is -2.22. The number of amides is 1. The highest BCUT2D eigenvalue weighted by Crippen LogP contribution is 2.08. The molecule has 0 spiro atoms. The fourth-order valence-electron chi connectivity index (χ4n) is 2.15. The number of nitrogens with zero attached hydrogens (tertiary/aromatic N) is 1. The number of carbonyl (C=O) groups excluding carboxylic acids is 1. The number of likely N-dealkylation sites (tertiary alicyclic amines) is 1. The predicted molar refractivity (Wildman–Crippen MR) is 62.7 cm³/mol. The monoisotopic (exact) mass is 212 g/mol. The van der Waals surface area contributed by atoms with Crippen LogP contribution in [0, 0.1) is 5.92 Å². The van der Waals surface area contributed by atoms with E-state index in [0.717, 1.165) is 19.5 Å². The van der Waals surface area contributed by atoms with Crippen molar-refractivity contribution in [2.24, 2.45) is 5.92 Å². The third kappa shape index (κ3) is 3.82. The van der Waals surface area contributed by atoms with Gasteiger partial charge in [0, 0.05) is 19.1 Å². The summed E-state index contributed by atoms with van der Waals surface area (Å²) in [6.07, 6.45) is 3.44. The van der Waals surface area contributed by atoms with E-state index in [-0.39, 0.29) is 5.91 Å². The third-order valence-corrected chi connectivity index (χ3v) is 3.22. The molecule has 1 N–H and O–H groups in total. The highest BCUT2D eigenvalue weighted by Gasteiger charge is 2.19. The molecule has 0 aromatic rings. The second-order valence-corrected chi connectivity index (χ2v) is 4.73. The SMILES string of the molecule is CCC(NCC(=O)N1CCCC1)C(C)C. The number of carbonyl (C=O) groups is 1. The maximum absolute atomic E-state index is 11.8. The summed E-state index contributed by atoms with van der Waals surface area (Å²) in [5.74, 6) is 0.868. The van der Waals surface area contributed by atoms with E-state index in [1.54, 1.807) is 0 Å². The normalized spacial score (nSPS) is 18.5. The smallest absolute Gasteiger partial charge is 0.236 e. The molecule has 0 bridgehead atoms. The van der Waals surface area contributed by atoms with Gasteiger partial charge in [0.2, 0.25) is 5.91 Å². The molecule has 1 aliphatic heterocycles. The van der Waals surface area contributed by atoms with Crippen molar-refractivity contribution in [2.45, 2.75) is 46.1 Å². The summed E-state index contributed by atoms with van der Waals surface area (Å²) in [5, 5.41) is 3.35. The van der Waals surface area contributed by atoms with Crippen LogP contribution in [0.2, 0.25) is 0 Å². The molecule has 1 atom stereocenters. The van der Waals surface area contributed by atoms with Gasteiger partial charge in [-0.1, -0.05) is 20.8 Å². The highest BCUT2D eigenvalue weighted by atomic mass is 16.2. The van der Waals surface area contributed by atoms with Crippen LogP contribution in [0.1, 0.15) is 40.0 Å². The van der Waals surface area contributed by atoms with Crippen molar-refractivity contribution in [3.8, 4) is 0 Å². The molecule has 1 fully saturated rings. The minimum Gasteiger partial charge on any atom is -0.342 e. The van der Waals surface area contributed by atoms with E-state index >= 15 is 0 Å². The summed E-state index contributed by atoms with van der Waals surface area (Å²) in [7, 11) is 0. The van der Waals surface area contributed by atoms with Crippen molar-refractivity contribution >= 4 is 5.91 Å². The summed E-state index contributed by atoms with van der Waals surface area (Å²) >= 11 is 0. The van der Waals surface area contributed by atoms with Gasteiger partial charge in [0.15, 0.2) is 0 Å². The van der Waals surface area contributed by atoms with Crippen LogP contribution in [0.3, 0.4) is 0 Å². The molecule has 1 saturated heterocycles. The maximum atomic E-state index is 11.8. The number of hydrogen-bond acceptors (Lipinski definition) is 2. The molecule has 88 valence electrons. The van der Waals surface area contributed by atoms with E-state index < -0.39 is 0 Å². The Morgan fingerprint density at radius 3 is 2.40 bits per heavy atom. The Kier molecular flexibility index (Phi) is 5.09. The molecule has 0 saturated carbocycles. The molecule has 1 unspecified atom stereocenters. The van der Waals surface area contributed by atoms with Gasteiger partial charge in [-0.05, 0) is 25.2 Å². The van der Waals surface area contributed by atoms with Gasteiger partial charge in [-0.3, -0.25) is 4.79 Å². The van der Waals surface area contributed by atoms with Crippen molar-refractivity contribution in [1.82, 2.24) is 10.2 Å². The van der Waals surface area contributed by atoms with E-state index in [2.05, 4.69) is 26.1 Å². The van der Waals surface area contributed by atoms with Crippen LogP contribution in [0.15, 0.2) is 0 Å². The molecule has 1 rings (SSSR count). The zero-order valence-electron chi connectivity index (χ0n) is 10.3. The third-order valence-electron chi connectivity index (χ3n) is 3.22. The first-order valence-electron chi connectivity index (χ1n) is 6.16. The van der Waals surface area contributed by atoms with Crippen LogP contribution in [0.25, 0.3) is 0 Å². The topological polar surface area (TPSA) is 32.3 Å². The molecular weight excluding hydrogens is 188 g/mol. The number of hydrogen-bond donors (Lipinski definition) is 1. The van der Waals surface area contributed by atoms with Crippen LogP contribution in [-0.4, -0.2) is 36.5 Å². The van der Waals surface area contributed by atoms with Gasteiger partial charge in [0.1, 0.15) is 0 Å². The Bertz CT molecular complexity index is 198. The molecule has 15 heavy (non-hydrogen) atoms. The van der Waals surface area contributed by atoms with Gasteiger partial charge in [0.25, 0.3) is 0 Å². The quantitative estimate of drug-likeness (QED) is 0.751. The minimum atomic E-state index is 0.270. The summed E-state index contributed by atoms with van der Waals surface area (Å²) in [6.45, 7) is 8.98. The summed E-state index contributed by atoms with van der Waals surface area (Å²) in [4.78, 5) is 13.7. The number of rotatable bonds is 5. The Labute approximate surface area is 93.2 Å². The van der Waals surface area contributed by atoms with Crippen LogP contribution in [0.5, 0.6) is 0 Å². The minimum absolute atomic E-state index is 0.270. The van der Waals surface area contributed by atoms with Gasteiger partial charge in [-0.25, -0.2) is 0 Å². The molecule has 1 aliphatic rings. The lowest BCUT2D eigenvalue weighted by Crippen LogP contribution is -2.42. The van der Waals surface area contributed by atoms with E-state index in [1.165, 1.54) is 12.8 Å². The van der Waals surface area contributed by atoms with E-state index in [0.29, 0.717) is 18.5 Å². The average Bonchev–Trinajstić information content (AvgIpc) is 2.70. The Balaban J connectivity index is 2.25. The van der Waals surface area contributed by atoms with Gasteiger partial charge in [-0.15, -0.1) is 0 Å². The lowest BCUT2D eigenvalue weighted by molar-refractivity contribution is -0.129. The van der Waals surface area contributed by atoms with Crippen molar-refractivity contribution in [1.29, 1.82) is 0 Å². The molecule has 0 radical (unpaired) electrons. The fraction of sp³-hybridized carbons (Fsp3) is 0.917. The summed E-state index contributed by atoms with van der Waals surface area (Å²) < 4.78 is 0. The van der Waals surface area contributed by atoms with Crippen LogP contribution >= 0.6 is 0 Å². The molecule has 3 heteroatoms. The van der Waals surface area contributed by atoms with Crippen LogP contribution in [-0.2, 0) is 4.79 Å². The first-order chi connectivity index (χ1) is 7.15. The van der Waals surface area contributed by atoms with Gasteiger partial charge < -0.3 is 10.2 Å². The maximum Gasteiger partial charge on any atom is 0.236 e. The molecule has 0 aromatic heterocycles. The molecule has 0 aromatic carbocycles. The average molecular weight is 212 g/mol. The van der Waals surface area contributed by atoms with Crippen molar-refractivity contribution in [3.05, 3.63) is 0 Å². The summed E-state index contributed by atoms with van der Waals surface area (Å²) in [6, 6.07) is 0.469. The molecule has 0 aliphatic carbocycles. The van der Waals surface area contributed by atoms with Crippen molar-refractivity contribution in [2.75, 3.05) is 19.6 Å². The number of nitrogens with one attached hydrogen (secondary N) is 1. The van der Waals surface area contributed by atoms with Crippen LogP contribution < -0.4 is 5.32 Å². The summed E-state index contributed by atoms with van der Waals surface area (Å²) in [5.41, 5.74) is 0. The molecule has 1 amide bonds. The van der Waals surface area contributed by atoms with E-state index in [9.17, 15) is 4.79 Å². The van der Waals surface area contributed by atoms with Crippen molar-refractivity contribution in [3.63, 3.8) is 0 Å². The van der Waals surface area contributed by atoms with Crippen LogP contribution in [0.4, 0.5) is 0 Å². The molecule has 3 nitrogen and oxygen atoms in total. The zero-order valence-corrected chi connectivity index (χ0v) is 10.3. The second-order valence-electron chi connectivity index (χ2n) is 4.73. The molecular formula is C12H24N2O. The lowest BCUT2D eigenvalue weighted by atomic mass is 10.0. The first-order valence-corrected chi connectivity index (χ1v) is 6.16. The molecule has 1 heterocycles. The first kappa shape index (κ1) is 12.5. The van der Waals surface area contributed by atoms with Gasteiger partial charge in [0.05, 0.1) is 6.54 Å². The van der Waals surface area contributed by atoms with E-state index in [1.807, 2.05) is 4.90 Å². The standard InChI is InChI=1S/C12H24N2O/c1-4-11(10(2)3)13-9-12(15)14-7-5-6-8-14/h10-11,13H,4-9H2,1-3H3. The zero-order chi connectivity index (χ0) is 11.3. The fourth-order valence-corrected chi connectivity index (χ4v) is 2.15. The Morgan fingerprint density at radius 1 is 1.33 bits per heavy atom. The van der Waals surface area contributed by atoms with Gasteiger partial charge in [-0.2, -0.15) is 0 Å². The Hall–Kier alpha value is -0.570. The van der Waals surface area contributed by atoms with Gasteiger partial charge >= 0.3 is 0 Å². The largest absolute Gasteiger partial charge is 0.342 e. The van der Waals surface area contributed by atoms with Crippen molar-refractivity contribution < 1.29 is 4.79 Å². The predicted octanol–water partition coefficient (Wildman–Crippen LogP) is 1.63. The van der Waals surface area contributed by atoms with E-state index in [4.69, 9.17) is 0 Å². The second kappa shape index (κ2) is 6.11.